The van der Waals surface area contributed by atoms with Gasteiger partial charge < -0.3 is 14.7 Å². The number of nitrogens with zero attached hydrogens (tertiary/aromatic N) is 4. The van der Waals surface area contributed by atoms with Gasteiger partial charge in [0.1, 0.15) is 17.8 Å². The van der Waals surface area contributed by atoms with Gasteiger partial charge in [-0.1, -0.05) is 0 Å². The van der Waals surface area contributed by atoms with Gasteiger partial charge in [0, 0.05) is 25.2 Å². The number of piperidine rings is 1. The van der Waals surface area contributed by atoms with Crippen molar-refractivity contribution < 1.29 is 14.4 Å². The molecule has 0 spiro atoms. The highest BCUT2D eigenvalue weighted by Crippen LogP contribution is 2.39. The molecule has 9 heteroatoms. The van der Waals surface area contributed by atoms with E-state index >= 15 is 0 Å². The van der Waals surface area contributed by atoms with Crippen LogP contribution in [-0.2, 0) is 4.57 Å². The summed E-state index contributed by atoms with van der Waals surface area (Å²) in [5.41, 5.74) is 0.689. The molecule has 2 aliphatic rings. The fourth-order valence-corrected chi connectivity index (χ4v) is 4.48. The Morgan fingerprint density at radius 3 is 2.50 bits per heavy atom. The van der Waals surface area contributed by atoms with Gasteiger partial charge in [0.25, 0.3) is 5.56 Å². The second kappa shape index (κ2) is 6.76. The zero-order valence-corrected chi connectivity index (χ0v) is 15.4. The lowest BCUT2D eigenvalue weighted by molar-refractivity contribution is 0.350. The minimum absolute atomic E-state index is 0.0132. The van der Waals surface area contributed by atoms with Gasteiger partial charge in [0.05, 0.1) is 11.5 Å². The van der Waals surface area contributed by atoms with E-state index in [0.29, 0.717) is 18.0 Å². The van der Waals surface area contributed by atoms with Crippen molar-refractivity contribution in [3.8, 4) is 0 Å². The second-order valence-electron chi connectivity index (χ2n) is 7.31. The molecule has 0 amide bonds. The molecule has 8 nitrogen and oxygen atoms in total. The molecule has 0 bridgehead atoms. The van der Waals surface area contributed by atoms with Crippen LogP contribution in [0, 0.1) is 5.92 Å². The highest BCUT2D eigenvalue weighted by atomic mass is 31.2. The molecule has 1 saturated carbocycles. The van der Waals surface area contributed by atoms with E-state index in [4.69, 9.17) is 9.79 Å². The summed E-state index contributed by atoms with van der Waals surface area (Å²) < 4.78 is 12.8. The van der Waals surface area contributed by atoms with E-state index < -0.39 is 7.60 Å². The van der Waals surface area contributed by atoms with Gasteiger partial charge in [0.2, 0.25) is 0 Å². The summed E-state index contributed by atoms with van der Waals surface area (Å²) in [5, 5.41) is 0.896. The Hall–Kier alpha value is -1.76. The van der Waals surface area contributed by atoms with Gasteiger partial charge in [0.15, 0.2) is 0 Å². The average molecular weight is 378 g/mol. The maximum Gasteiger partial charge on any atom is 0.325 e. The molecule has 0 radical (unpaired) electrons. The molecule has 1 aliphatic carbocycles. The molecule has 2 N–H and O–H groups in total. The number of fused-ring (bicyclic) bond motifs is 1. The van der Waals surface area contributed by atoms with Crippen molar-refractivity contribution in [2.75, 3.05) is 24.2 Å². The fourth-order valence-electron chi connectivity index (χ4n) is 3.78. The highest BCUT2D eigenvalue weighted by molar-refractivity contribution is 7.51. The molecule has 2 fully saturated rings. The van der Waals surface area contributed by atoms with Crippen molar-refractivity contribution in [3.63, 3.8) is 0 Å². The molecule has 2 aromatic heterocycles. The van der Waals surface area contributed by atoms with Crippen LogP contribution in [0.2, 0.25) is 0 Å². The molecule has 4 rings (SSSR count). The maximum absolute atomic E-state index is 12.2. The Kier molecular flexibility index (Phi) is 4.59. The Labute approximate surface area is 151 Å². The van der Waals surface area contributed by atoms with E-state index in [-0.39, 0.29) is 17.8 Å². The van der Waals surface area contributed by atoms with Crippen LogP contribution in [0.4, 0.5) is 5.82 Å². The van der Waals surface area contributed by atoms with Crippen LogP contribution in [0.1, 0.15) is 38.1 Å². The van der Waals surface area contributed by atoms with E-state index in [1.165, 1.54) is 6.33 Å². The quantitative estimate of drug-likeness (QED) is 0.765. The number of pyridine rings is 1. The first-order chi connectivity index (χ1) is 12.4. The summed E-state index contributed by atoms with van der Waals surface area (Å²) in [6.07, 6.45) is 5.84. The third kappa shape index (κ3) is 3.68. The monoisotopic (exact) mass is 378 g/mol. The number of anilines is 1. The van der Waals surface area contributed by atoms with Gasteiger partial charge in [-0.3, -0.25) is 13.9 Å². The van der Waals surface area contributed by atoms with E-state index in [2.05, 4.69) is 14.9 Å². The number of aromatic nitrogens is 3. The number of hydrogen-bond acceptors (Lipinski definition) is 5. The normalized spacial score (nSPS) is 19.2. The minimum atomic E-state index is -3.92. The van der Waals surface area contributed by atoms with Gasteiger partial charge in [-0.05, 0) is 44.1 Å². The molecule has 140 valence electrons. The highest BCUT2D eigenvalue weighted by Gasteiger charge is 2.28. The molecule has 0 unspecified atom stereocenters. The summed E-state index contributed by atoms with van der Waals surface area (Å²) in [4.78, 5) is 41.4. The van der Waals surface area contributed by atoms with Crippen LogP contribution in [0.15, 0.2) is 23.3 Å². The minimum Gasteiger partial charge on any atom is -0.356 e. The Bertz CT molecular complexity index is 913. The molecule has 0 atom stereocenters. The average Bonchev–Trinajstić information content (AvgIpc) is 3.44. The van der Waals surface area contributed by atoms with Crippen LogP contribution in [0.3, 0.4) is 0 Å². The first-order valence-electron chi connectivity index (χ1n) is 9.08. The van der Waals surface area contributed by atoms with Gasteiger partial charge >= 0.3 is 7.60 Å². The van der Waals surface area contributed by atoms with E-state index in [9.17, 15) is 9.36 Å². The van der Waals surface area contributed by atoms with Crippen molar-refractivity contribution >= 4 is 24.4 Å². The van der Waals surface area contributed by atoms with E-state index in [1.54, 1.807) is 10.6 Å². The Morgan fingerprint density at radius 2 is 1.85 bits per heavy atom. The van der Waals surface area contributed by atoms with Gasteiger partial charge in [-0.2, -0.15) is 0 Å². The summed E-state index contributed by atoms with van der Waals surface area (Å²) in [5.74, 6) is 1.18. The Morgan fingerprint density at radius 1 is 1.12 bits per heavy atom. The topological polar surface area (TPSA) is 109 Å². The summed E-state index contributed by atoms with van der Waals surface area (Å²) >= 11 is 0. The first kappa shape index (κ1) is 17.6. The van der Waals surface area contributed by atoms with Crippen LogP contribution >= 0.6 is 7.60 Å². The molecule has 1 saturated heterocycles. The van der Waals surface area contributed by atoms with E-state index in [1.807, 2.05) is 6.07 Å². The third-order valence-electron chi connectivity index (χ3n) is 5.35. The molecule has 26 heavy (non-hydrogen) atoms. The van der Waals surface area contributed by atoms with Crippen molar-refractivity contribution in [2.45, 2.75) is 38.1 Å². The predicted octanol–water partition coefficient (Wildman–Crippen LogP) is 1.91. The van der Waals surface area contributed by atoms with Crippen LogP contribution in [0.5, 0.6) is 0 Å². The molecule has 1 aliphatic heterocycles. The van der Waals surface area contributed by atoms with Gasteiger partial charge in [-0.15, -0.1) is 0 Å². The molecular weight excluding hydrogens is 355 g/mol. The van der Waals surface area contributed by atoms with Crippen LogP contribution in [-0.4, -0.2) is 43.6 Å². The number of rotatable bonds is 5. The zero-order chi connectivity index (χ0) is 18.3. The maximum atomic E-state index is 12.2. The largest absolute Gasteiger partial charge is 0.356 e. The lowest BCUT2D eigenvalue weighted by Crippen LogP contribution is -2.35. The molecule has 3 heterocycles. The lowest BCUT2D eigenvalue weighted by atomic mass is 9.94. The van der Waals surface area contributed by atoms with Crippen molar-refractivity contribution in [2.24, 2.45) is 5.92 Å². The van der Waals surface area contributed by atoms with E-state index in [0.717, 1.165) is 50.0 Å². The SMILES string of the molecule is O=c1ccc2c(N3CCC(CCP(=O)(O)O)CC3)ncnc2n1C1CC1. The molecular formula is C17H23N4O4P. The smallest absolute Gasteiger partial charge is 0.325 e. The number of hydrogen-bond donors (Lipinski definition) is 2. The first-order valence-corrected chi connectivity index (χ1v) is 10.9. The van der Waals surface area contributed by atoms with Crippen molar-refractivity contribution in [1.82, 2.24) is 14.5 Å². The van der Waals surface area contributed by atoms with Crippen LogP contribution in [0.25, 0.3) is 11.0 Å². The summed E-state index contributed by atoms with van der Waals surface area (Å²) in [6, 6.07) is 3.67. The summed E-state index contributed by atoms with van der Waals surface area (Å²) in [7, 11) is -3.92. The third-order valence-corrected chi connectivity index (χ3v) is 6.20. The fraction of sp³-hybridized carbons (Fsp3) is 0.588. The molecule has 2 aromatic rings. The standard InChI is InChI=1S/C17H23N4O4P/c22-15-4-3-14-16(18-11-19-17(14)21(15)13-1-2-13)20-8-5-12(6-9-20)7-10-26(23,24)25/h3-4,11-13H,1-2,5-10H2,(H2,23,24,25). The second-order valence-corrected chi connectivity index (χ2v) is 9.09. The predicted molar refractivity (Wildman–Crippen MR) is 98.5 cm³/mol. The van der Waals surface area contributed by atoms with Crippen molar-refractivity contribution in [3.05, 3.63) is 28.8 Å². The van der Waals surface area contributed by atoms with Crippen molar-refractivity contribution in [1.29, 1.82) is 0 Å². The van der Waals surface area contributed by atoms with Gasteiger partial charge in [-0.25, -0.2) is 9.97 Å². The van der Waals surface area contributed by atoms with Crippen LogP contribution < -0.4 is 10.5 Å². The summed E-state index contributed by atoms with van der Waals surface area (Å²) in [6.45, 7) is 1.58. The molecule has 0 aromatic carbocycles. The Balaban J connectivity index is 1.54. The lowest BCUT2D eigenvalue weighted by Gasteiger charge is -2.33. The zero-order valence-electron chi connectivity index (χ0n) is 14.5.